The van der Waals surface area contributed by atoms with Gasteiger partial charge in [-0.3, -0.25) is 14.4 Å². The van der Waals surface area contributed by atoms with Crippen LogP contribution in [0.4, 0.5) is 0 Å². The maximum atomic E-state index is 12.6. The van der Waals surface area contributed by atoms with Crippen LogP contribution < -0.4 is 5.32 Å². The second-order valence-corrected chi connectivity index (χ2v) is 5.73. The quantitative estimate of drug-likeness (QED) is 0.496. The van der Waals surface area contributed by atoms with Crippen LogP contribution in [0.15, 0.2) is 30.3 Å². The van der Waals surface area contributed by atoms with Crippen LogP contribution in [-0.4, -0.2) is 37.0 Å². The molecule has 23 heavy (non-hydrogen) atoms. The van der Waals surface area contributed by atoms with Crippen LogP contribution in [0.25, 0.3) is 0 Å². The largest absolute Gasteiger partial charge is 0.465 e. The number of benzene rings is 1. The summed E-state index contributed by atoms with van der Waals surface area (Å²) in [4.78, 5) is 37.3. The molecule has 2 aliphatic rings. The number of fused-ring (bicyclic) bond motifs is 1. The predicted molar refractivity (Wildman–Crippen MR) is 80.4 cm³/mol. The van der Waals surface area contributed by atoms with Gasteiger partial charge in [0.25, 0.3) is 5.91 Å². The van der Waals surface area contributed by atoms with Gasteiger partial charge >= 0.3 is 5.97 Å². The molecule has 1 saturated carbocycles. The Balaban J connectivity index is 2.17. The third kappa shape index (κ3) is 1.81. The first-order valence-corrected chi connectivity index (χ1v) is 7.75. The molecule has 3 rings (SSSR count). The van der Waals surface area contributed by atoms with Crippen LogP contribution in [0.5, 0.6) is 0 Å². The number of ketones is 1. The van der Waals surface area contributed by atoms with Crippen molar-refractivity contribution in [2.24, 2.45) is 5.41 Å². The van der Waals surface area contributed by atoms with E-state index >= 15 is 0 Å². The Kier molecular flexibility index (Phi) is 3.72. The lowest BCUT2D eigenvalue weighted by Gasteiger charge is -2.56. The molecule has 1 aliphatic carbocycles. The highest BCUT2D eigenvalue weighted by Gasteiger charge is 2.81. The Morgan fingerprint density at radius 2 is 1.91 bits per heavy atom. The fourth-order valence-corrected chi connectivity index (χ4v) is 3.81. The molecular formula is C17H19NO5. The standard InChI is InChI=1S/C17H19NO5/c1-3-22-12-10-16(15(21)23-4-2)13(19)14(20)18-17(12,16)11-8-6-5-7-9-11/h5-9,12H,3-4,10H2,1-2H3,(H,18,20)/t12-,16+,17+/m0/s1. The third-order valence-electron chi connectivity index (χ3n) is 4.77. The molecular weight excluding hydrogens is 298 g/mol. The van der Waals surface area contributed by atoms with Crippen LogP contribution in [0, 0.1) is 5.41 Å². The molecule has 1 aromatic carbocycles. The molecule has 122 valence electrons. The van der Waals surface area contributed by atoms with Crippen molar-refractivity contribution in [2.45, 2.75) is 31.9 Å². The zero-order valence-corrected chi connectivity index (χ0v) is 13.1. The monoisotopic (exact) mass is 317 g/mol. The van der Waals surface area contributed by atoms with Crippen LogP contribution in [0.1, 0.15) is 25.8 Å². The lowest BCUT2D eigenvalue weighted by molar-refractivity contribution is -0.198. The Labute approximate surface area is 134 Å². The highest BCUT2D eigenvalue weighted by atomic mass is 16.5. The van der Waals surface area contributed by atoms with E-state index in [-0.39, 0.29) is 13.0 Å². The highest BCUT2D eigenvalue weighted by molar-refractivity contribution is 6.45. The minimum Gasteiger partial charge on any atom is -0.465 e. The Hall–Kier alpha value is -2.21. The third-order valence-corrected chi connectivity index (χ3v) is 4.77. The predicted octanol–water partition coefficient (Wildman–Crippen LogP) is 0.939. The molecule has 1 aromatic rings. The number of carbonyl (C=O) groups is 3. The summed E-state index contributed by atoms with van der Waals surface area (Å²) in [5, 5.41) is 2.73. The summed E-state index contributed by atoms with van der Waals surface area (Å²) in [7, 11) is 0. The van der Waals surface area contributed by atoms with Crippen LogP contribution in [-0.2, 0) is 29.4 Å². The minimum absolute atomic E-state index is 0.145. The van der Waals surface area contributed by atoms with E-state index in [1.807, 2.05) is 13.0 Å². The van der Waals surface area contributed by atoms with Crippen LogP contribution in [0.2, 0.25) is 0 Å². The van der Waals surface area contributed by atoms with Gasteiger partial charge in [-0.2, -0.15) is 0 Å². The van der Waals surface area contributed by atoms with E-state index in [1.54, 1.807) is 31.2 Å². The number of Topliss-reactive ketones (excluding diaryl/α,β-unsaturated/α-hetero) is 1. The normalized spacial score (nSPS) is 32.0. The molecule has 1 aliphatic heterocycles. The highest BCUT2D eigenvalue weighted by Crippen LogP contribution is 2.61. The van der Waals surface area contributed by atoms with Gasteiger partial charge in [-0.05, 0) is 19.4 Å². The van der Waals surface area contributed by atoms with Crippen molar-refractivity contribution in [3.63, 3.8) is 0 Å². The van der Waals surface area contributed by atoms with Gasteiger partial charge in [0.2, 0.25) is 5.78 Å². The van der Waals surface area contributed by atoms with E-state index in [1.165, 1.54) is 0 Å². The van der Waals surface area contributed by atoms with E-state index in [9.17, 15) is 14.4 Å². The van der Waals surface area contributed by atoms with Crippen LogP contribution >= 0.6 is 0 Å². The first-order valence-electron chi connectivity index (χ1n) is 7.75. The van der Waals surface area contributed by atoms with Gasteiger partial charge in [-0.15, -0.1) is 0 Å². The Morgan fingerprint density at radius 3 is 2.52 bits per heavy atom. The van der Waals surface area contributed by atoms with Gasteiger partial charge in [-0.1, -0.05) is 30.3 Å². The van der Waals surface area contributed by atoms with Crippen LogP contribution in [0.3, 0.4) is 0 Å². The number of carbonyl (C=O) groups excluding carboxylic acids is 3. The summed E-state index contributed by atoms with van der Waals surface area (Å²) in [6, 6.07) is 9.02. The summed E-state index contributed by atoms with van der Waals surface area (Å²) in [6.07, 6.45) is -0.304. The Morgan fingerprint density at radius 1 is 1.22 bits per heavy atom. The molecule has 2 fully saturated rings. The fourth-order valence-electron chi connectivity index (χ4n) is 3.81. The van der Waals surface area contributed by atoms with Crippen molar-refractivity contribution in [1.29, 1.82) is 0 Å². The SMILES string of the molecule is CCOC(=O)[C@]12C[C@H](OCC)[C@@]1(c1ccccc1)NC(=O)C2=O. The maximum Gasteiger partial charge on any atom is 0.323 e. The molecule has 0 radical (unpaired) electrons. The average molecular weight is 317 g/mol. The molecule has 1 amide bonds. The second-order valence-electron chi connectivity index (χ2n) is 5.73. The van der Waals surface area contributed by atoms with Crippen molar-refractivity contribution in [2.75, 3.05) is 13.2 Å². The topological polar surface area (TPSA) is 81.7 Å². The number of nitrogens with one attached hydrogen (secondary N) is 1. The van der Waals surface area contributed by atoms with Gasteiger partial charge in [0.05, 0.1) is 12.7 Å². The van der Waals surface area contributed by atoms with E-state index in [4.69, 9.17) is 9.47 Å². The van der Waals surface area contributed by atoms with E-state index in [0.717, 1.165) is 0 Å². The maximum absolute atomic E-state index is 12.6. The molecule has 1 heterocycles. The fraction of sp³-hybridized carbons (Fsp3) is 0.471. The zero-order chi connectivity index (χ0) is 16.7. The molecule has 0 unspecified atom stereocenters. The average Bonchev–Trinajstić information content (AvgIpc) is 2.72. The second kappa shape index (κ2) is 5.45. The smallest absolute Gasteiger partial charge is 0.323 e. The summed E-state index contributed by atoms with van der Waals surface area (Å²) < 4.78 is 10.9. The van der Waals surface area contributed by atoms with Gasteiger partial charge in [-0.25, -0.2) is 0 Å². The van der Waals surface area contributed by atoms with Gasteiger partial charge in [0, 0.05) is 13.0 Å². The van der Waals surface area contributed by atoms with E-state index in [0.29, 0.717) is 12.2 Å². The molecule has 0 bridgehead atoms. The van der Waals surface area contributed by atoms with E-state index in [2.05, 4.69) is 5.32 Å². The molecule has 1 N–H and O–H groups in total. The van der Waals surface area contributed by atoms with Crippen molar-refractivity contribution in [1.82, 2.24) is 5.32 Å². The Bertz CT molecular complexity index is 658. The van der Waals surface area contributed by atoms with Crippen molar-refractivity contribution in [3.8, 4) is 0 Å². The molecule has 1 saturated heterocycles. The number of ether oxygens (including phenoxy) is 2. The lowest BCUT2D eigenvalue weighted by atomic mass is 9.50. The molecule has 0 spiro atoms. The van der Waals surface area contributed by atoms with Crippen molar-refractivity contribution in [3.05, 3.63) is 35.9 Å². The van der Waals surface area contributed by atoms with Gasteiger partial charge in [0.15, 0.2) is 5.41 Å². The number of hydrogen-bond donors (Lipinski definition) is 1. The first-order chi connectivity index (χ1) is 11.0. The summed E-state index contributed by atoms with van der Waals surface area (Å²) >= 11 is 0. The molecule has 6 heteroatoms. The number of hydrogen-bond acceptors (Lipinski definition) is 5. The summed E-state index contributed by atoms with van der Waals surface area (Å²) in [5.41, 5.74) is -2.05. The van der Waals surface area contributed by atoms with Gasteiger partial charge < -0.3 is 14.8 Å². The number of amides is 1. The molecule has 6 nitrogen and oxygen atoms in total. The van der Waals surface area contributed by atoms with Crippen molar-refractivity contribution < 1.29 is 23.9 Å². The molecule has 0 aromatic heterocycles. The number of rotatable bonds is 5. The minimum atomic E-state index is -1.54. The van der Waals surface area contributed by atoms with Crippen molar-refractivity contribution >= 4 is 17.7 Å². The van der Waals surface area contributed by atoms with E-state index < -0.39 is 34.7 Å². The van der Waals surface area contributed by atoms with Gasteiger partial charge in [0.1, 0.15) is 5.54 Å². The zero-order valence-electron chi connectivity index (χ0n) is 13.1. The summed E-state index contributed by atoms with van der Waals surface area (Å²) in [6.45, 7) is 4.07. The summed E-state index contributed by atoms with van der Waals surface area (Å²) in [5.74, 6) is -2.16. The first kappa shape index (κ1) is 15.7. The lowest BCUT2D eigenvalue weighted by Crippen LogP contribution is -2.72. The molecule has 3 atom stereocenters. The number of esters is 1.